The predicted octanol–water partition coefficient (Wildman–Crippen LogP) is 9.04. The molecule has 0 spiro atoms. The van der Waals surface area contributed by atoms with E-state index in [1.165, 1.54) is 5.56 Å². The average Bonchev–Trinajstić information content (AvgIpc) is 3.61. The molecule has 0 aromatic heterocycles. The lowest BCUT2D eigenvalue weighted by molar-refractivity contribution is -0.118. The Morgan fingerprint density at radius 1 is 0.965 bits per heavy atom. The minimum absolute atomic E-state index is 0.132. The summed E-state index contributed by atoms with van der Waals surface area (Å²) in [6.45, 7) is 8.17. The van der Waals surface area contributed by atoms with Crippen LogP contribution in [0.4, 0.5) is 4.39 Å². The van der Waals surface area contributed by atoms with E-state index < -0.39 is 5.67 Å². The number of primary amides is 1. The zero-order valence-corrected chi connectivity index (χ0v) is 33.6. The molecule has 1 saturated heterocycles. The molecule has 1 aliphatic carbocycles. The number of benzene rings is 4. The number of halogens is 2. The number of hydrogen-bond donors (Lipinski definition) is 2. The van der Waals surface area contributed by atoms with E-state index in [4.69, 9.17) is 31.5 Å². The van der Waals surface area contributed by atoms with Crippen LogP contribution < -0.4 is 25.3 Å². The first-order valence-electron chi connectivity index (χ1n) is 19.8. The number of carbonyl (C=O) groups is 1. The number of nitrogens with two attached hydrogens (primary N) is 1. The van der Waals surface area contributed by atoms with Gasteiger partial charge in [-0.2, -0.15) is 10.5 Å². The topological polar surface area (TPSA) is 134 Å². The fraction of sp³-hybridized carbons (Fsp3) is 0.413. The van der Waals surface area contributed by atoms with E-state index in [0.29, 0.717) is 78.6 Å². The highest BCUT2D eigenvalue weighted by Crippen LogP contribution is 2.44. The second kappa shape index (κ2) is 19.3. The molecular weight excluding hydrogens is 741 g/mol. The highest BCUT2D eigenvalue weighted by Gasteiger charge is 2.30. The second-order valence-corrected chi connectivity index (χ2v) is 15.7. The number of fused-ring (bicyclic) bond motifs is 1. The van der Waals surface area contributed by atoms with Crippen LogP contribution >= 0.6 is 11.6 Å². The fourth-order valence-electron chi connectivity index (χ4n) is 7.70. The summed E-state index contributed by atoms with van der Waals surface area (Å²) in [5.74, 6) is 1.62. The molecule has 1 heterocycles. The second-order valence-electron chi connectivity index (χ2n) is 15.3. The van der Waals surface area contributed by atoms with Crippen molar-refractivity contribution in [1.82, 2.24) is 10.2 Å². The minimum atomic E-state index is -1.04. The number of nitrogens with zero attached hydrogens (tertiary/aromatic N) is 3. The van der Waals surface area contributed by atoms with Crippen molar-refractivity contribution in [2.75, 3.05) is 32.8 Å². The SMILES string of the molecule is Cc1c(OCCCN2CCC(C)(F)CC2)cccc1-c1cccc2c1CC[C@@H]2Oc1cc(OCc2cc(C#N)cc(C#N)c2)c(CNCCCCC(N)=O)cc1Cl. The molecule has 3 N–H and O–H groups in total. The third-order valence-electron chi connectivity index (χ3n) is 10.9. The highest BCUT2D eigenvalue weighted by atomic mass is 35.5. The first kappa shape index (κ1) is 41.5. The van der Waals surface area contributed by atoms with Crippen molar-refractivity contribution in [2.45, 2.75) is 90.1 Å². The van der Waals surface area contributed by atoms with Gasteiger partial charge in [-0.25, -0.2) is 4.39 Å². The summed E-state index contributed by atoms with van der Waals surface area (Å²) >= 11 is 6.91. The number of likely N-dealkylation sites (tertiary alicyclic amines) is 1. The van der Waals surface area contributed by atoms with Gasteiger partial charge in [0.2, 0.25) is 5.91 Å². The first-order valence-corrected chi connectivity index (χ1v) is 20.2. The summed E-state index contributed by atoms with van der Waals surface area (Å²) in [5, 5.41) is 22.8. The number of nitriles is 2. The molecule has 0 bridgehead atoms. The van der Waals surface area contributed by atoms with Crippen LogP contribution in [0.3, 0.4) is 0 Å². The van der Waals surface area contributed by atoms with E-state index in [1.54, 1.807) is 25.1 Å². The van der Waals surface area contributed by atoms with Gasteiger partial charge in [-0.05, 0) is 129 Å². The molecule has 1 amide bonds. The van der Waals surface area contributed by atoms with E-state index in [-0.39, 0.29) is 18.6 Å². The van der Waals surface area contributed by atoms with Crippen molar-refractivity contribution in [3.8, 4) is 40.5 Å². The van der Waals surface area contributed by atoms with Crippen LogP contribution in [0.15, 0.2) is 66.7 Å². The lowest BCUT2D eigenvalue weighted by Gasteiger charge is -2.34. The summed E-state index contributed by atoms with van der Waals surface area (Å²) < 4.78 is 33.6. The van der Waals surface area contributed by atoms with Crippen molar-refractivity contribution in [1.29, 1.82) is 10.5 Å². The highest BCUT2D eigenvalue weighted by molar-refractivity contribution is 6.32. The van der Waals surface area contributed by atoms with Gasteiger partial charge >= 0.3 is 0 Å². The van der Waals surface area contributed by atoms with Crippen molar-refractivity contribution < 1.29 is 23.4 Å². The molecule has 57 heavy (non-hydrogen) atoms. The number of hydrogen-bond acceptors (Lipinski definition) is 8. The van der Waals surface area contributed by atoms with Crippen molar-refractivity contribution >= 4 is 17.5 Å². The van der Waals surface area contributed by atoms with E-state index in [1.807, 2.05) is 24.3 Å². The Kier molecular flexibility index (Phi) is 14.1. The van der Waals surface area contributed by atoms with Crippen molar-refractivity contribution in [3.05, 3.63) is 111 Å². The van der Waals surface area contributed by atoms with Gasteiger partial charge in [0.15, 0.2) is 0 Å². The van der Waals surface area contributed by atoms with Crippen LogP contribution in [0.25, 0.3) is 11.1 Å². The van der Waals surface area contributed by atoms with Crippen molar-refractivity contribution in [2.24, 2.45) is 5.73 Å². The number of rotatable bonds is 18. The number of amides is 1. The molecule has 6 rings (SSSR count). The predicted molar refractivity (Wildman–Crippen MR) is 220 cm³/mol. The molecule has 0 radical (unpaired) electrons. The van der Waals surface area contributed by atoms with Crippen LogP contribution in [0.1, 0.15) is 96.9 Å². The number of nitrogens with one attached hydrogen (secondary N) is 1. The Bertz CT molecular complexity index is 2100. The first-order chi connectivity index (χ1) is 27.5. The van der Waals surface area contributed by atoms with Crippen LogP contribution in [0.5, 0.6) is 17.2 Å². The third-order valence-corrected chi connectivity index (χ3v) is 11.2. The molecule has 2 aliphatic rings. The number of alkyl halides is 1. The Labute approximate surface area is 340 Å². The minimum Gasteiger partial charge on any atom is -0.493 e. The molecular formula is C46H51ClFN5O4. The maximum atomic E-state index is 14.2. The Morgan fingerprint density at radius 3 is 2.44 bits per heavy atom. The van der Waals surface area contributed by atoms with Gasteiger partial charge in [-0.1, -0.05) is 41.9 Å². The van der Waals surface area contributed by atoms with E-state index in [0.717, 1.165) is 78.9 Å². The fourth-order valence-corrected chi connectivity index (χ4v) is 7.93. The Hall–Kier alpha value is -5.13. The summed E-state index contributed by atoms with van der Waals surface area (Å²) in [5.41, 5.74) is 12.3. The van der Waals surface area contributed by atoms with E-state index in [9.17, 15) is 19.7 Å². The van der Waals surface area contributed by atoms with E-state index in [2.05, 4.69) is 53.5 Å². The molecule has 1 aliphatic heterocycles. The van der Waals surface area contributed by atoms with Crippen LogP contribution in [0.2, 0.25) is 5.02 Å². The Balaban J connectivity index is 1.16. The molecule has 0 unspecified atom stereocenters. The maximum absolute atomic E-state index is 14.2. The van der Waals surface area contributed by atoms with Gasteiger partial charge in [0, 0.05) is 44.2 Å². The van der Waals surface area contributed by atoms with Gasteiger partial charge < -0.3 is 30.2 Å². The molecule has 11 heteroatoms. The average molecular weight is 792 g/mol. The molecule has 9 nitrogen and oxygen atoms in total. The van der Waals surface area contributed by atoms with Gasteiger partial charge in [0.1, 0.15) is 35.6 Å². The summed E-state index contributed by atoms with van der Waals surface area (Å²) in [7, 11) is 0. The van der Waals surface area contributed by atoms with E-state index >= 15 is 0 Å². The summed E-state index contributed by atoms with van der Waals surface area (Å²) in [6.07, 6.45) is 5.27. The van der Waals surface area contributed by atoms with Gasteiger partial charge in [-0.3, -0.25) is 4.79 Å². The molecule has 4 aromatic carbocycles. The van der Waals surface area contributed by atoms with Crippen molar-refractivity contribution in [3.63, 3.8) is 0 Å². The lowest BCUT2D eigenvalue weighted by Crippen LogP contribution is -2.40. The van der Waals surface area contributed by atoms with Crippen LogP contribution in [-0.4, -0.2) is 49.3 Å². The quantitative estimate of drug-likeness (QED) is 0.0955. The zero-order chi connectivity index (χ0) is 40.4. The molecule has 1 fully saturated rings. The number of ether oxygens (including phenoxy) is 3. The Morgan fingerprint density at radius 2 is 1.70 bits per heavy atom. The normalized spacial score (nSPS) is 16.0. The molecule has 4 aromatic rings. The molecule has 298 valence electrons. The van der Waals surface area contributed by atoms with Gasteiger partial charge in [0.05, 0.1) is 34.9 Å². The standard InChI is InChI=1S/C46H51ClFN5O4/c1-31-36(8-6-11-41(31)55-21-7-18-53-19-15-46(2,48)16-20-53)37-9-5-10-39-38(37)13-14-42(39)57-44-26-43(56-30-34-23-32(27-49)22-33(24-34)28-50)35(25-40(44)47)29-52-17-4-3-12-45(51)54/h5-6,8-11,22-26,42,52H,3-4,7,12-21,29-30H2,1-2H3,(H2,51,54)/t42-/m0/s1. The maximum Gasteiger partial charge on any atom is 0.217 e. The number of carbonyl (C=O) groups excluding carboxylic acids is 1. The largest absolute Gasteiger partial charge is 0.493 e. The van der Waals surface area contributed by atoms with Gasteiger partial charge in [-0.15, -0.1) is 0 Å². The third kappa shape index (κ3) is 11.0. The van der Waals surface area contributed by atoms with Crippen LogP contribution in [0, 0.1) is 29.6 Å². The van der Waals surface area contributed by atoms with Crippen LogP contribution in [-0.2, 0) is 24.4 Å². The van der Waals surface area contributed by atoms with Gasteiger partial charge in [0.25, 0.3) is 0 Å². The smallest absolute Gasteiger partial charge is 0.217 e. The molecule has 0 saturated carbocycles. The lowest BCUT2D eigenvalue weighted by atomic mass is 9.93. The summed E-state index contributed by atoms with van der Waals surface area (Å²) in [4.78, 5) is 13.5. The summed E-state index contributed by atoms with van der Waals surface area (Å²) in [6, 6.07) is 25.4. The number of unbranched alkanes of at least 4 members (excludes halogenated alkanes) is 1. The monoisotopic (exact) mass is 791 g/mol. The molecule has 1 atom stereocenters. The number of piperidine rings is 1. The zero-order valence-electron chi connectivity index (χ0n) is 32.8.